The first kappa shape index (κ1) is 28.1. The van der Waals surface area contributed by atoms with E-state index in [2.05, 4.69) is 0 Å². The molecule has 0 heterocycles. The fourth-order valence-electron chi connectivity index (χ4n) is 3.29. The molecule has 194 valence electrons. The van der Waals surface area contributed by atoms with E-state index in [9.17, 15) is 24.3 Å². The number of hydrogen-bond donors (Lipinski definition) is 2. The summed E-state index contributed by atoms with van der Waals surface area (Å²) in [6.07, 6.45) is -2.78. The molecule has 11 nitrogen and oxygen atoms in total. The maximum Gasteiger partial charge on any atom is 0.513 e. The summed E-state index contributed by atoms with van der Waals surface area (Å²) in [6.45, 7) is 4.86. The van der Waals surface area contributed by atoms with Gasteiger partial charge < -0.3 is 34.5 Å². The minimum atomic E-state index is -1.39. The molecule has 11 heteroatoms. The highest BCUT2D eigenvalue weighted by atomic mass is 16.7. The summed E-state index contributed by atoms with van der Waals surface area (Å²) in [6, 6.07) is 11.0. The largest absolute Gasteiger partial charge is 0.513 e. The van der Waals surface area contributed by atoms with E-state index in [4.69, 9.17) is 29.4 Å². The predicted molar refractivity (Wildman–Crippen MR) is 126 cm³/mol. The van der Waals surface area contributed by atoms with Crippen LogP contribution in [0.15, 0.2) is 48.5 Å². The number of ether oxygens (including phenoxy) is 5. The molecule has 0 aliphatic rings. The van der Waals surface area contributed by atoms with Crippen LogP contribution in [0.3, 0.4) is 0 Å². The molecular formula is C25H29NO10. The second-order valence-electron chi connectivity index (χ2n) is 7.56. The molecule has 0 aromatic heterocycles. The van der Waals surface area contributed by atoms with Gasteiger partial charge in [-0.1, -0.05) is 24.3 Å². The summed E-state index contributed by atoms with van der Waals surface area (Å²) in [5, 5.41) is 9.58. The number of carboxylic acid groups (broad SMARTS) is 1. The molecule has 0 bridgehead atoms. The van der Waals surface area contributed by atoms with Crippen LogP contribution in [-0.4, -0.2) is 54.7 Å². The number of nitrogens with two attached hydrogens (primary N) is 1. The van der Waals surface area contributed by atoms with Crippen molar-refractivity contribution in [3.63, 3.8) is 0 Å². The first-order chi connectivity index (χ1) is 17.2. The Kier molecular flexibility index (Phi) is 10.7. The molecule has 0 aliphatic carbocycles. The summed E-state index contributed by atoms with van der Waals surface area (Å²) in [4.78, 5) is 47.9. The lowest BCUT2D eigenvalue weighted by Gasteiger charge is -2.25. The quantitative estimate of drug-likeness (QED) is 0.260. The van der Waals surface area contributed by atoms with Crippen LogP contribution in [0.1, 0.15) is 49.0 Å². The lowest BCUT2D eigenvalue weighted by molar-refractivity contribution is -0.139. The van der Waals surface area contributed by atoms with Gasteiger partial charge in [-0.3, -0.25) is 4.79 Å². The Morgan fingerprint density at radius 1 is 0.889 bits per heavy atom. The molecule has 0 radical (unpaired) electrons. The number of carboxylic acids is 1. The summed E-state index contributed by atoms with van der Waals surface area (Å²) in [5.41, 5.74) is 6.64. The van der Waals surface area contributed by atoms with Gasteiger partial charge in [-0.2, -0.15) is 0 Å². The van der Waals surface area contributed by atoms with E-state index in [0.717, 1.165) is 0 Å². The Morgan fingerprint density at radius 3 is 2.03 bits per heavy atom. The molecule has 0 amide bonds. The van der Waals surface area contributed by atoms with Crippen molar-refractivity contribution >= 4 is 24.2 Å². The standard InChI is InChI=1S/C25H29NO10/c1-4-32-24(30)35-19-12-11-17(14-20(19)36-25(31)33-5-2)18(21(26)22(27)28)13-15(3)34-23(29)16-9-7-6-8-10-16/h6-12,14-15,18,21H,4-5,13,26H2,1-3H3,(H,27,28)/t15-,18?,21+/m1/s1. The first-order valence-electron chi connectivity index (χ1n) is 11.2. The van der Waals surface area contributed by atoms with Crippen LogP contribution < -0.4 is 15.2 Å². The number of rotatable bonds is 11. The van der Waals surface area contributed by atoms with Crippen molar-refractivity contribution in [3.05, 3.63) is 59.7 Å². The Hall–Kier alpha value is -4.12. The van der Waals surface area contributed by atoms with Gasteiger partial charge >= 0.3 is 24.2 Å². The Balaban J connectivity index is 2.34. The highest BCUT2D eigenvalue weighted by Gasteiger charge is 2.30. The Labute approximate surface area is 208 Å². The highest BCUT2D eigenvalue weighted by molar-refractivity contribution is 5.89. The number of aliphatic carboxylic acids is 1. The zero-order chi connectivity index (χ0) is 26.7. The molecular weight excluding hydrogens is 474 g/mol. The SMILES string of the molecule is CCOC(=O)Oc1ccc(C(C[C@@H](C)OC(=O)c2ccccc2)[C@H](N)C(=O)O)cc1OC(=O)OCC. The fraction of sp³-hybridized carbons (Fsp3) is 0.360. The van der Waals surface area contributed by atoms with Crippen LogP contribution in [-0.2, 0) is 19.0 Å². The summed E-state index contributed by atoms with van der Waals surface area (Å²) < 4.78 is 25.2. The second kappa shape index (κ2) is 13.7. The molecule has 0 fully saturated rings. The van der Waals surface area contributed by atoms with Crippen LogP contribution in [0.2, 0.25) is 0 Å². The van der Waals surface area contributed by atoms with Crippen LogP contribution in [0, 0.1) is 0 Å². The molecule has 3 atom stereocenters. The van der Waals surface area contributed by atoms with Gasteiger partial charge in [0.1, 0.15) is 12.1 Å². The van der Waals surface area contributed by atoms with Gasteiger partial charge in [0.2, 0.25) is 0 Å². The highest BCUT2D eigenvalue weighted by Crippen LogP contribution is 2.35. The third-order valence-corrected chi connectivity index (χ3v) is 4.93. The fourth-order valence-corrected chi connectivity index (χ4v) is 3.29. The number of benzene rings is 2. The maximum atomic E-state index is 12.4. The third kappa shape index (κ3) is 8.27. The maximum absolute atomic E-state index is 12.4. The summed E-state index contributed by atoms with van der Waals surface area (Å²) in [7, 11) is 0. The average Bonchev–Trinajstić information content (AvgIpc) is 2.84. The van der Waals surface area contributed by atoms with Crippen LogP contribution in [0.4, 0.5) is 9.59 Å². The van der Waals surface area contributed by atoms with Gasteiger partial charge in [0.05, 0.1) is 18.8 Å². The predicted octanol–water partition coefficient (Wildman–Crippen LogP) is 3.89. The van der Waals surface area contributed by atoms with Gasteiger partial charge in [0.25, 0.3) is 0 Å². The van der Waals surface area contributed by atoms with Crippen LogP contribution >= 0.6 is 0 Å². The van der Waals surface area contributed by atoms with Crippen molar-refractivity contribution in [2.75, 3.05) is 13.2 Å². The first-order valence-corrected chi connectivity index (χ1v) is 11.2. The van der Waals surface area contributed by atoms with E-state index >= 15 is 0 Å². The van der Waals surface area contributed by atoms with E-state index < -0.39 is 42.3 Å². The van der Waals surface area contributed by atoms with E-state index in [0.29, 0.717) is 11.1 Å². The van der Waals surface area contributed by atoms with Gasteiger partial charge in [0.15, 0.2) is 11.5 Å². The zero-order valence-corrected chi connectivity index (χ0v) is 20.2. The molecule has 0 saturated carbocycles. The molecule has 0 aliphatic heterocycles. The third-order valence-electron chi connectivity index (χ3n) is 4.93. The molecule has 0 saturated heterocycles. The van der Waals surface area contributed by atoms with Crippen molar-refractivity contribution in [1.82, 2.24) is 0 Å². The smallest absolute Gasteiger partial charge is 0.480 e. The van der Waals surface area contributed by atoms with Crippen molar-refractivity contribution in [1.29, 1.82) is 0 Å². The number of esters is 1. The topological polar surface area (TPSA) is 161 Å². The zero-order valence-electron chi connectivity index (χ0n) is 20.2. The van der Waals surface area contributed by atoms with Crippen molar-refractivity contribution in [2.45, 2.75) is 45.3 Å². The van der Waals surface area contributed by atoms with Gasteiger partial charge in [-0.05, 0) is 57.0 Å². The summed E-state index contributed by atoms with van der Waals surface area (Å²) in [5.74, 6) is -3.11. The van der Waals surface area contributed by atoms with E-state index in [-0.39, 0.29) is 31.1 Å². The van der Waals surface area contributed by atoms with Gasteiger partial charge in [0, 0.05) is 5.92 Å². The lowest BCUT2D eigenvalue weighted by atomic mass is 9.87. The molecule has 2 aromatic rings. The van der Waals surface area contributed by atoms with Crippen LogP contribution in [0.25, 0.3) is 0 Å². The van der Waals surface area contributed by atoms with E-state index in [1.807, 2.05) is 0 Å². The lowest BCUT2D eigenvalue weighted by Crippen LogP contribution is -2.38. The molecule has 2 rings (SSSR count). The van der Waals surface area contributed by atoms with Crippen molar-refractivity contribution in [2.24, 2.45) is 5.73 Å². The van der Waals surface area contributed by atoms with Crippen LogP contribution in [0.5, 0.6) is 11.5 Å². The minimum Gasteiger partial charge on any atom is -0.480 e. The number of hydrogen-bond acceptors (Lipinski definition) is 10. The van der Waals surface area contributed by atoms with Gasteiger partial charge in [-0.15, -0.1) is 0 Å². The molecule has 0 spiro atoms. The Bertz CT molecular complexity index is 1060. The minimum absolute atomic E-state index is 0.0307. The summed E-state index contributed by atoms with van der Waals surface area (Å²) >= 11 is 0. The van der Waals surface area contributed by atoms with E-state index in [1.54, 1.807) is 51.1 Å². The number of carbonyl (C=O) groups is 4. The second-order valence-corrected chi connectivity index (χ2v) is 7.56. The van der Waals surface area contributed by atoms with E-state index in [1.165, 1.54) is 18.2 Å². The van der Waals surface area contributed by atoms with Crippen molar-refractivity contribution < 1.29 is 48.0 Å². The van der Waals surface area contributed by atoms with Gasteiger partial charge in [-0.25, -0.2) is 14.4 Å². The van der Waals surface area contributed by atoms with Crippen molar-refractivity contribution in [3.8, 4) is 11.5 Å². The molecule has 3 N–H and O–H groups in total. The number of carbonyl (C=O) groups excluding carboxylic acids is 3. The Morgan fingerprint density at radius 2 is 1.47 bits per heavy atom. The normalized spacial score (nSPS) is 13.0. The monoisotopic (exact) mass is 503 g/mol. The average molecular weight is 504 g/mol. The molecule has 1 unspecified atom stereocenters. The molecule has 2 aromatic carbocycles. The molecule has 36 heavy (non-hydrogen) atoms.